The smallest absolute Gasteiger partial charge is 0.0849 e. The summed E-state index contributed by atoms with van der Waals surface area (Å²) in [7, 11) is 0. The quantitative estimate of drug-likeness (QED) is 0.914. The number of aromatic nitrogens is 3. The highest BCUT2D eigenvalue weighted by Crippen LogP contribution is 2.22. The molecule has 0 amide bonds. The van der Waals surface area contributed by atoms with Crippen LogP contribution in [0.5, 0.6) is 0 Å². The first-order valence-electron chi connectivity index (χ1n) is 6.67. The summed E-state index contributed by atoms with van der Waals surface area (Å²) in [5, 5.41) is 13.8. The first kappa shape index (κ1) is 12.2. The molecule has 0 saturated carbocycles. The lowest BCUT2D eigenvalue weighted by Crippen LogP contribution is -2.18. The first-order chi connectivity index (χ1) is 9.24. The summed E-state index contributed by atoms with van der Waals surface area (Å²) in [6.45, 7) is 3.94. The molecule has 1 unspecified atom stereocenters. The fourth-order valence-electron chi connectivity index (χ4n) is 2.38. The zero-order valence-corrected chi connectivity index (χ0v) is 11.0. The highest BCUT2D eigenvalue weighted by molar-refractivity contribution is 5.51. The number of pyridine rings is 1. The lowest BCUT2D eigenvalue weighted by Gasteiger charge is -2.17. The van der Waals surface area contributed by atoms with Gasteiger partial charge in [0, 0.05) is 24.8 Å². The molecule has 0 radical (unpaired) electrons. The Labute approximate surface area is 112 Å². The van der Waals surface area contributed by atoms with Gasteiger partial charge < -0.3 is 10.0 Å². The second kappa shape index (κ2) is 5.01. The lowest BCUT2D eigenvalue weighted by atomic mass is 10.2. The average Bonchev–Trinajstić information content (AvgIpc) is 3.10. The minimum Gasteiger partial charge on any atom is -0.389 e. The van der Waals surface area contributed by atoms with Crippen LogP contribution in [0.3, 0.4) is 0 Å². The molecule has 0 aliphatic carbocycles. The maximum absolute atomic E-state index is 9.53. The summed E-state index contributed by atoms with van der Waals surface area (Å²) in [5.74, 6) is 0. The third-order valence-corrected chi connectivity index (χ3v) is 3.53. The number of aliphatic hydroxyl groups excluding tert-OH is 1. The van der Waals surface area contributed by atoms with Crippen LogP contribution in [0, 0.1) is 0 Å². The minimum absolute atomic E-state index is 0.497. The maximum atomic E-state index is 9.53. The second-order valence-electron chi connectivity index (χ2n) is 4.99. The molecule has 1 fully saturated rings. The summed E-state index contributed by atoms with van der Waals surface area (Å²) in [4.78, 5) is 6.64. The fourth-order valence-corrected chi connectivity index (χ4v) is 2.38. The highest BCUT2D eigenvalue weighted by atomic mass is 16.3. The molecule has 2 aromatic heterocycles. The van der Waals surface area contributed by atoms with E-state index in [-0.39, 0.29) is 0 Å². The van der Waals surface area contributed by atoms with Crippen LogP contribution in [0.15, 0.2) is 30.9 Å². The Morgan fingerprint density at radius 3 is 2.58 bits per heavy atom. The van der Waals surface area contributed by atoms with E-state index in [1.54, 1.807) is 24.0 Å². The average molecular weight is 258 g/mol. The molecule has 1 atom stereocenters. The van der Waals surface area contributed by atoms with E-state index in [9.17, 15) is 5.11 Å². The van der Waals surface area contributed by atoms with Crippen LogP contribution in [0.4, 0.5) is 5.69 Å². The zero-order chi connectivity index (χ0) is 13.2. The second-order valence-corrected chi connectivity index (χ2v) is 4.99. The van der Waals surface area contributed by atoms with E-state index in [0.717, 1.165) is 30.0 Å². The Hall–Kier alpha value is -1.88. The summed E-state index contributed by atoms with van der Waals surface area (Å²) in [5.41, 5.74) is 2.88. The van der Waals surface area contributed by atoms with Crippen molar-refractivity contribution in [1.29, 1.82) is 0 Å². The Morgan fingerprint density at radius 1 is 1.16 bits per heavy atom. The van der Waals surface area contributed by atoms with Gasteiger partial charge in [-0.15, -0.1) is 0 Å². The molecule has 5 nitrogen and oxygen atoms in total. The van der Waals surface area contributed by atoms with Crippen molar-refractivity contribution in [2.75, 3.05) is 18.0 Å². The van der Waals surface area contributed by atoms with Gasteiger partial charge in [-0.25, -0.2) is 4.68 Å². The van der Waals surface area contributed by atoms with Gasteiger partial charge in [-0.3, -0.25) is 4.98 Å². The molecule has 1 aliphatic rings. The Morgan fingerprint density at radius 2 is 1.89 bits per heavy atom. The van der Waals surface area contributed by atoms with Crippen LogP contribution >= 0.6 is 0 Å². The van der Waals surface area contributed by atoms with Crippen LogP contribution in [0.1, 0.15) is 31.4 Å². The van der Waals surface area contributed by atoms with Crippen molar-refractivity contribution in [1.82, 2.24) is 14.8 Å². The molecule has 5 heteroatoms. The molecule has 1 saturated heterocycles. The molecule has 0 aromatic carbocycles. The van der Waals surface area contributed by atoms with Crippen LogP contribution in [-0.2, 0) is 0 Å². The molecule has 1 aliphatic heterocycles. The maximum Gasteiger partial charge on any atom is 0.0849 e. The minimum atomic E-state index is -0.497. The van der Waals surface area contributed by atoms with Gasteiger partial charge >= 0.3 is 0 Å². The summed E-state index contributed by atoms with van der Waals surface area (Å²) >= 11 is 0. The van der Waals surface area contributed by atoms with E-state index in [4.69, 9.17) is 0 Å². The monoisotopic (exact) mass is 258 g/mol. The van der Waals surface area contributed by atoms with Gasteiger partial charge in [0.05, 0.1) is 36.1 Å². The van der Waals surface area contributed by atoms with Crippen LogP contribution in [0.2, 0.25) is 0 Å². The molecular weight excluding hydrogens is 240 g/mol. The summed E-state index contributed by atoms with van der Waals surface area (Å²) in [6, 6.07) is 2.09. The van der Waals surface area contributed by atoms with Crippen molar-refractivity contribution >= 4 is 5.69 Å². The summed E-state index contributed by atoms with van der Waals surface area (Å²) in [6.07, 6.45) is 9.22. The molecule has 19 heavy (non-hydrogen) atoms. The van der Waals surface area contributed by atoms with Gasteiger partial charge in [0.1, 0.15) is 0 Å². The normalized spacial score (nSPS) is 16.8. The molecular formula is C14H18N4O. The van der Waals surface area contributed by atoms with Crippen molar-refractivity contribution in [2.45, 2.75) is 25.9 Å². The molecule has 2 aromatic rings. The van der Waals surface area contributed by atoms with Crippen molar-refractivity contribution in [3.05, 3.63) is 36.4 Å². The van der Waals surface area contributed by atoms with E-state index < -0.39 is 6.10 Å². The molecule has 3 rings (SSSR count). The predicted octanol–water partition coefficient (Wildman–Crippen LogP) is 1.92. The standard InChI is InChI=1S/C14H18N4O/c1-11(19)12-7-16-18(10-12)14-6-13(8-15-9-14)17-4-2-3-5-17/h6-11,19H,2-5H2,1H3. The van der Waals surface area contributed by atoms with Crippen LogP contribution in [0.25, 0.3) is 5.69 Å². The molecule has 1 N–H and O–H groups in total. The number of nitrogens with zero attached hydrogens (tertiary/aromatic N) is 4. The van der Waals surface area contributed by atoms with E-state index >= 15 is 0 Å². The largest absolute Gasteiger partial charge is 0.389 e. The topological polar surface area (TPSA) is 54.2 Å². The van der Waals surface area contributed by atoms with Gasteiger partial charge in [0.15, 0.2) is 0 Å². The van der Waals surface area contributed by atoms with Gasteiger partial charge in [-0.1, -0.05) is 0 Å². The third kappa shape index (κ3) is 2.46. The first-order valence-corrected chi connectivity index (χ1v) is 6.67. The molecule has 0 spiro atoms. The number of anilines is 1. The summed E-state index contributed by atoms with van der Waals surface area (Å²) < 4.78 is 1.76. The van der Waals surface area contributed by atoms with E-state index in [1.165, 1.54) is 12.8 Å². The van der Waals surface area contributed by atoms with Crippen molar-refractivity contribution < 1.29 is 5.11 Å². The number of hydrogen-bond donors (Lipinski definition) is 1. The molecule has 3 heterocycles. The van der Waals surface area contributed by atoms with Gasteiger partial charge in [0.25, 0.3) is 0 Å². The Bertz CT molecular complexity index is 558. The van der Waals surface area contributed by atoms with Crippen molar-refractivity contribution in [2.24, 2.45) is 0 Å². The van der Waals surface area contributed by atoms with E-state index in [1.807, 2.05) is 12.4 Å². The predicted molar refractivity (Wildman–Crippen MR) is 73.4 cm³/mol. The van der Waals surface area contributed by atoms with E-state index in [0.29, 0.717) is 0 Å². The van der Waals surface area contributed by atoms with Gasteiger partial charge in [0.2, 0.25) is 0 Å². The Balaban J connectivity index is 1.89. The van der Waals surface area contributed by atoms with E-state index in [2.05, 4.69) is 21.0 Å². The van der Waals surface area contributed by atoms with Gasteiger partial charge in [-0.2, -0.15) is 5.10 Å². The Kier molecular flexibility index (Phi) is 3.21. The van der Waals surface area contributed by atoms with Crippen LogP contribution in [-0.4, -0.2) is 33.0 Å². The molecule has 0 bridgehead atoms. The van der Waals surface area contributed by atoms with Crippen molar-refractivity contribution in [3.63, 3.8) is 0 Å². The van der Waals surface area contributed by atoms with Gasteiger partial charge in [-0.05, 0) is 25.8 Å². The third-order valence-electron chi connectivity index (χ3n) is 3.53. The lowest BCUT2D eigenvalue weighted by molar-refractivity contribution is 0.199. The number of hydrogen-bond acceptors (Lipinski definition) is 4. The zero-order valence-electron chi connectivity index (χ0n) is 11.0. The number of rotatable bonds is 3. The van der Waals surface area contributed by atoms with Crippen molar-refractivity contribution in [3.8, 4) is 5.69 Å². The van der Waals surface area contributed by atoms with Crippen LogP contribution < -0.4 is 4.90 Å². The fraction of sp³-hybridized carbons (Fsp3) is 0.429. The highest BCUT2D eigenvalue weighted by Gasteiger charge is 2.13. The SMILES string of the molecule is CC(O)c1cnn(-c2cncc(N3CCCC3)c2)c1. The molecule has 100 valence electrons. The number of aliphatic hydroxyl groups is 1.